The third-order valence-electron chi connectivity index (χ3n) is 4.44. The number of rotatable bonds is 3. The van der Waals surface area contributed by atoms with Crippen LogP contribution in [0.15, 0.2) is 66.9 Å². The lowest BCUT2D eigenvalue weighted by molar-refractivity contribution is -0.660. The molecule has 0 fully saturated rings. The highest BCUT2D eigenvalue weighted by Crippen LogP contribution is 2.28. The molecule has 0 bridgehead atoms. The number of pyridine rings is 1. The molecule has 1 heterocycles. The fourth-order valence-electron chi connectivity index (χ4n) is 2.96. The van der Waals surface area contributed by atoms with E-state index in [1.165, 1.54) is 33.5 Å². The summed E-state index contributed by atoms with van der Waals surface area (Å²) in [6.45, 7) is 6.65. The molecule has 3 rings (SSSR count). The number of hydrogen-bond acceptors (Lipinski definition) is 0. The van der Waals surface area contributed by atoms with Crippen molar-refractivity contribution in [3.05, 3.63) is 78.0 Å². The Balaban J connectivity index is 2.10. The lowest BCUT2D eigenvalue weighted by Gasteiger charge is -2.10. The third-order valence-corrected chi connectivity index (χ3v) is 4.44. The molecule has 0 aliphatic carbocycles. The van der Waals surface area contributed by atoms with Gasteiger partial charge in [-0.3, -0.25) is 0 Å². The summed E-state index contributed by atoms with van der Waals surface area (Å²) in [6.07, 6.45) is 2.24. The first-order valence-electron chi connectivity index (χ1n) is 8.22. The van der Waals surface area contributed by atoms with E-state index >= 15 is 0 Å². The molecule has 0 aliphatic rings. The van der Waals surface area contributed by atoms with Gasteiger partial charge in [0.25, 0.3) is 0 Å². The highest BCUT2D eigenvalue weighted by molar-refractivity contribution is 5.72. The van der Waals surface area contributed by atoms with Crippen LogP contribution >= 0.6 is 0 Å². The number of aromatic nitrogens is 1. The minimum atomic E-state index is 0.548. The first-order valence-corrected chi connectivity index (χ1v) is 8.22. The summed E-state index contributed by atoms with van der Waals surface area (Å²) >= 11 is 0. The van der Waals surface area contributed by atoms with E-state index in [0.29, 0.717) is 5.92 Å². The predicted octanol–water partition coefficient (Wildman–Crippen LogP) is 5.28. The van der Waals surface area contributed by atoms with Crippen LogP contribution in [0.25, 0.3) is 22.4 Å². The highest BCUT2D eigenvalue weighted by Gasteiger charge is 2.15. The molecular weight excluding hydrogens is 278 g/mol. The van der Waals surface area contributed by atoms with Crippen molar-refractivity contribution in [2.45, 2.75) is 26.7 Å². The molecule has 0 aliphatic heterocycles. The van der Waals surface area contributed by atoms with Gasteiger partial charge >= 0.3 is 0 Å². The van der Waals surface area contributed by atoms with Gasteiger partial charge < -0.3 is 0 Å². The Morgan fingerprint density at radius 1 is 0.826 bits per heavy atom. The van der Waals surface area contributed by atoms with Crippen LogP contribution in [0.2, 0.25) is 0 Å². The van der Waals surface area contributed by atoms with E-state index in [9.17, 15) is 0 Å². The van der Waals surface area contributed by atoms with Gasteiger partial charge in [-0.2, -0.15) is 0 Å². The minimum absolute atomic E-state index is 0.548. The molecule has 1 nitrogen and oxygen atoms in total. The number of hydrogen-bond donors (Lipinski definition) is 0. The SMILES string of the molecule is Cc1ccc(-c2ccccc2)cc1-c1ccc(C(C)C)c[n+]1C. The molecule has 1 aromatic heterocycles. The first-order chi connectivity index (χ1) is 11.1. The largest absolute Gasteiger partial charge is 0.212 e. The Hall–Kier alpha value is -2.41. The van der Waals surface area contributed by atoms with Crippen LogP contribution in [0, 0.1) is 6.92 Å². The van der Waals surface area contributed by atoms with Gasteiger partial charge in [-0.15, -0.1) is 0 Å². The second kappa shape index (κ2) is 6.37. The third kappa shape index (κ3) is 3.19. The van der Waals surface area contributed by atoms with Gasteiger partial charge in [0.15, 0.2) is 6.20 Å². The second-order valence-electron chi connectivity index (χ2n) is 6.51. The topological polar surface area (TPSA) is 3.88 Å². The molecule has 0 saturated carbocycles. The fraction of sp³-hybridized carbons (Fsp3) is 0.227. The van der Waals surface area contributed by atoms with E-state index in [-0.39, 0.29) is 0 Å². The Morgan fingerprint density at radius 2 is 1.57 bits per heavy atom. The summed E-state index contributed by atoms with van der Waals surface area (Å²) in [5, 5.41) is 0. The van der Waals surface area contributed by atoms with E-state index in [1.54, 1.807) is 0 Å². The number of benzene rings is 2. The van der Waals surface area contributed by atoms with Gasteiger partial charge in [0.05, 0.1) is 0 Å². The van der Waals surface area contributed by atoms with Gasteiger partial charge in [0, 0.05) is 17.2 Å². The summed E-state index contributed by atoms with van der Waals surface area (Å²) in [7, 11) is 2.13. The molecule has 0 saturated heterocycles. The van der Waals surface area contributed by atoms with E-state index in [2.05, 4.69) is 99.2 Å². The normalized spacial score (nSPS) is 11.0. The molecule has 0 unspecified atom stereocenters. The lowest BCUT2D eigenvalue weighted by Crippen LogP contribution is -2.31. The van der Waals surface area contributed by atoms with Crippen LogP contribution in [-0.2, 0) is 7.05 Å². The standard InChI is InChI=1S/C22H24N/c1-16(2)20-12-13-22(23(4)15-20)21-14-19(11-10-17(21)3)18-8-6-5-7-9-18/h5-16H,1-4H3/q+1. The zero-order valence-corrected chi connectivity index (χ0v) is 14.4. The van der Waals surface area contributed by atoms with Crippen molar-refractivity contribution in [2.24, 2.45) is 7.05 Å². The zero-order valence-electron chi connectivity index (χ0n) is 14.4. The molecule has 116 valence electrons. The van der Waals surface area contributed by atoms with E-state index in [0.717, 1.165) is 0 Å². The van der Waals surface area contributed by atoms with E-state index in [4.69, 9.17) is 0 Å². The molecule has 0 N–H and O–H groups in total. The maximum absolute atomic E-state index is 2.30. The molecule has 0 spiro atoms. The van der Waals surface area contributed by atoms with Crippen LogP contribution in [0.4, 0.5) is 0 Å². The molecule has 0 radical (unpaired) electrons. The van der Waals surface area contributed by atoms with Crippen molar-refractivity contribution in [1.82, 2.24) is 0 Å². The molecule has 3 aromatic rings. The van der Waals surface area contributed by atoms with Gasteiger partial charge in [-0.25, -0.2) is 4.57 Å². The fourth-order valence-corrected chi connectivity index (χ4v) is 2.96. The van der Waals surface area contributed by atoms with E-state index in [1.807, 2.05) is 0 Å². The Bertz CT molecular complexity index is 817. The predicted molar refractivity (Wildman–Crippen MR) is 97.3 cm³/mol. The van der Waals surface area contributed by atoms with E-state index < -0.39 is 0 Å². The lowest BCUT2D eigenvalue weighted by atomic mass is 9.96. The summed E-state index contributed by atoms with van der Waals surface area (Å²) in [6, 6.07) is 21.8. The smallest absolute Gasteiger partial charge is 0.201 e. The van der Waals surface area contributed by atoms with Gasteiger partial charge in [0.2, 0.25) is 5.69 Å². The number of aryl methyl sites for hydroxylation is 2. The van der Waals surface area contributed by atoms with Crippen molar-refractivity contribution in [3.63, 3.8) is 0 Å². The molecule has 0 atom stereocenters. The van der Waals surface area contributed by atoms with Crippen molar-refractivity contribution in [3.8, 4) is 22.4 Å². The summed E-state index contributed by atoms with van der Waals surface area (Å²) in [5.41, 5.74) is 7.74. The summed E-state index contributed by atoms with van der Waals surface area (Å²) in [5.74, 6) is 0.548. The van der Waals surface area contributed by atoms with Crippen LogP contribution in [0.3, 0.4) is 0 Å². The quantitative estimate of drug-likeness (QED) is 0.580. The van der Waals surface area contributed by atoms with Crippen molar-refractivity contribution in [2.75, 3.05) is 0 Å². The molecule has 23 heavy (non-hydrogen) atoms. The second-order valence-corrected chi connectivity index (χ2v) is 6.51. The molecule has 1 heteroatoms. The number of nitrogens with zero attached hydrogens (tertiary/aromatic N) is 1. The molecular formula is C22H24N+. The maximum atomic E-state index is 2.30. The Labute approximate surface area is 139 Å². The average molecular weight is 302 g/mol. The molecule has 0 amide bonds. The average Bonchev–Trinajstić information content (AvgIpc) is 2.56. The van der Waals surface area contributed by atoms with Gasteiger partial charge in [-0.05, 0) is 41.7 Å². The van der Waals surface area contributed by atoms with Crippen molar-refractivity contribution < 1.29 is 4.57 Å². The maximum Gasteiger partial charge on any atom is 0.212 e. The van der Waals surface area contributed by atoms with Crippen LogP contribution in [0.1, 0.15) is 30.9 Å². The van der Waals surface area contributed by atoms with Crippen LogP contribution in [-0.4, -0.2) is 0 Å². The van der Waals surface area contributed by atoms with Crippen molar-refractivity contribution in [1.29, 1.82) is 0 Å². The minimum Gasteiger partial charge on any atom is -0.201 e. The van der Waals surface area contributed by atoms with Crippen LogP contribution < -0.4 is 4.57 Å². The first kappa shape index (κ1) is 15.5. The van der Waals surface area contributed by atoms with Crippen LogP contribution in [0.5, 0.6) is 0 Å². The van der Waals surface area contributed by atoms with Crippen molar-refractivity contribution >= 4 is 0 Å². The summed E-state index contributed by atoms with van der Waals surface area (Å²) in [4.78, 5) is 0. The molecule has 2 aromatic carbocycles. The highest BCUT2D eigenvalue weighted by atomic mass is 14.9. The summed E-state index contributed by atoms with van der Waals surface area (Å²) < 4.78 is 2.24. The Morgan fingerprint density at radius 3 is 2.22 bits per heavy atom. The monoisotopic (exact) mass is 302 g/mol. The Kier molecular flexibility index (Phi) is 4.29. The van der Waals surface area contributed by atoms with Gasteiger partial charge in [0.1, 0.15) is 7.05 Å². The zero-order chi connectivity index (χ0) is 16.4. The van der Waals surface area contributed by atoms with Gasteiger partial charge in [-0.1, -0.05) is 56.3 Å².